The highest BCUT2D eigenvalue weighted by Crippen LogP contribution is 2.23. The van der Waals surface area contributed by atoms with Crippen LogP contribution in [0.1, 0.15) is 23.5 Å². The lowest BCUT2D eigenvalue weighted by Gasteiger charge is -2.26. The Labute approximate surface area is 122 Å². The van der Waals surface area contributed by atoms with Crippen LogP contribution in [-0.4, -0.2) is 54.7 Å². The van der Waals surface area contributed by atoms with E-state index in [1.54, 1.807) is 12.1 Å². The van der Waals surface area contributed by atoms with Crippen LogP contribution in [0.3, 0.4) is 0 Å². The van der Waals surface area contributed by atoms with E-state index in [1.165, 1.54) is 11.3 Å². The number of hydrogen-bond acceptors (Lipinski definition) is 5. The number of carbonyl (C=O) groups excluding carboxylic acids is 1. The van der Waals surface area contributed by atoms with Crippen LogP contribution in [0.5, 0.6) is 0 Å². The molecule has 0 saturated heterocycles. The van der Waals surface area contributed by atoms with Crippen molar-refractivity contribution in [3.63, 3.8) is 0 Å². The van der Waals surface area contributed by atoms with E-state index in [9.17, 15) is 4.79 Å². The molecule has 0 amide bonds. The third kappa shape index (κ3) is 5.20. The Bertz CT molecular complexity index is 397. The molecule has 0 aliphatic rings. The first kappa shape index (κ1) is 16.6. The lowest BCUT2D eigenvalue weighted by atomic mass is 10.1. The molecule has 0 radical (unpaired) electrons. The van der Waals surface area contributed by atoms with Crippen molar-refractivity contribution in [2.45, 2.75) is 19.9 Å². The Balaban J connectivity index is 2.52. The lowest BCUT2D eigenvalue weighted by Crippen LogP contribution is -2.40. The molecule has 1 rings (SSSR count). The Kier molecular flexibility index (Phi) is 7.56. The molecule has 1 unspecified atom stereocenters. The minimum absolute atomic E-state index is 0.0221. The summed E-state index contributed by atoms with van der Waals surface area (Å²) in [6, 6.07) is 3.31. The molecule has 0 saturated carbocycles. The van der Waals surface area contributed by atoms with Gasteiger partial charge in [-0.1, -0.05) is 18.5 Å². The fourth-order valence-electron chi connectivity index (χ4n) is 1.79. The molecule has 6 heteroatoms. The van der Waals surface area contributed by atoms with E-state index >= 15 is 0 Å². The van der Waals surface area contributed by atoms with Crippen LogP contribution in [0.15, 0.2) is 12.1 Å². The van der Waals surface area contributed by atoms with E-state index in [0.717, 1.165) is 6.54 Å². The van der Waals surface area contributed by atoms with E-state index < -0.39 is 0 Å². The molecular weight excluding hydrogens is 286 g/mol. The molecule has 19 heavy (non-hydrogen) atoms. The van der Waals surface area contributed by atoms with Crippen molar-refractivity contribution in [2.75, 3.05) is 32.9 Å². The first-order valence-electron chi connectivity index (χ1n) is 6.32. The zero-order chi connectivity index (χ0) is 14.3. The number of thiophene rings is 1. The topological polar surface area (TPSA) is 49.8 Å². The van der Waals surface area contributed by atoms with Crippen molar-refractivity contribution >= 4 is 28.7 Å². The minimum atomic E-state index is -0.197. The van der Waals surface area contributed by atoms with Gasteiger partial charge < -0.3 is 9.84 Å². The lowest BCUT2D eigenvalue weighted by molar-refractivity contribution is 0.0601. The van der Waals surface area contributed by atoms with E-state index in [2.05, 4.69) is 0 Å². The molecular formula is C13H20ClNO3S. The second-order valence-electron chi connectivity index (χ2n) is 4.11. The summed E-state index contributed by atoms with van der Waals surface area (Å²) in [7, 11) is 0. The second kappa shape index (κ2) is 8.66. The average Bonchev–Trinajstić information content (AvgIpc) is 2.84. The van der Waals surface area contributed by atoms with Crippen LogP contribution in [0, 0.1) is 0 Å². The number of ketones is 1. The maximum absolute atomic E-state index is 12.3. The molecule has 1 heterocycles. The van der Waals surface area contributed by atoms with Crippen LogP contribution in [0.25, 0.3) is 0 Å². The van der Waals surface area contributed by atoms with Gasteiger partial charge in [-0.3, -0.25) is 9.69 Å². The predicted octanol–water partition coefficient (Wildman–Crippen LogP) is 2.30. The van der Waals surface area contributed by atoms with Gasteiger partial charge in [-0.25, -0.2) is 0 Å². The summed E-state index contributed by atoms with van der Waals surface area (Å²) < 4.78 is 5.86. The van der Waals surface area contributed by atoms with Gasteiger partial charge in [-0.2, -0.15) is 0 Å². The van der Waals surface area contributed by atoms with Crippen LogP contribution in [0.2, 0.25) is 4.34 Å². The summed E-state index contributed by atoms with van der Waals surface area (Å²) in [5.74, 6) is 0.0842. The largest absolute Gasteiger partial charge is 0.394 e. The summed E-state index contributed by atoms with van der Waals surface area (Å²) in [4.78, 5) is 15.0. The maximum atomic E-state index is 12.3. The van der Waals surface area contributed by atoms with Crippen LogP contribution in [-0.2, 0) is 4.74 Å². The van der Waals surface area contributed by atoms with Crippen molar-refractivity contribution in [2.24, 2.45) is 0 Å². The zero-order valence-corrected chi connectivity index (χ0v) is 12.8. The van der Waals surface area contributed by atoms with E-state index in [-0.39, 0.29) is 18.4 Å². The van der Waals surface area contributed by atoms with Crippen LogP contribution >= 0.6 is 22.9 Å². The van der Waals surface area contributed by atoms with Crippen molar-refractivity contribution < 1.29 is 14.6 Å². The van der Waals surface area contributed by atoms with Gasteiger partial charge in [0, 0.05) is 6.54 Å². The van der Waals surface area contributed by atoms with Gasteiger partial charge in [0.2, 0.25) is 0 Å². The first-order chi connectivity index (χ1) is 9.10. The Morgan fingerprint density at radius 1 is 1.53 bits per heavy atom. The van der Waals surface area contributed by atoms with Gasteiger partial charge in [-0.05, 0) is 25.6 Å². The number of rotatable bonds is 9. The number of ether oxygens (including phenoxy) is 1. The molecule has 1 aromatic rings. The number of Topliss-reactive ketones (excluding diaryl/α,β-unsaturated/α-hetero) is 1. The summed E-state index contributed by atoms with van der Waals surface area (Å²) in [6.07, 6.45) is 0. The van der Waals surface area contributed by atoms with Gasteiger partial charge in [0.1, 0.15) is 0 Å². The molecule has 1 atom stereocenters. The highest BCUT2D eigenvalue weighted by atomic mass is 35.5. The molecule has 1 aromatic heterocycles. The predicted molar refractivity (Wildman–Crippen MR) is 78.3 cm³/mol. The van der Waals surface area contributed by atoms with E-state index in [1.807, 2.05) is 18.7 Å². The van der Waals surface area contributed by atoms with Crippen molar-refractivity contribution in [3.8, 4) is 0 Å². The van der Waals surface area contributed by atoms with Gasteiger partial charge >= 0.3 is 0 Å². The molecule has 4 nitrogen and oxygen atoms in total. The molecule has 0 aromatic carbocycles. The summed E-state index contributed by atoms with van der Waals surface area (Å²) in [5.41, 5.74) is 0. The van der Waals surface area contributed by atoms with Gasteiger partial charge in [0.15, 0.2) is 5.78 Å². The van der Waals surface area contributed by atoms with Gasteiger partial charge in [0.25, 0.3) is 0 Å². The molecule has 108 valence electrons. The number of likely N-dealkylation sites (N-methyl/N-ethyl adjacent to an activating group) is 1. The Morgan fingerprint density at radius 3 is 2.79 bits per heavy atom. The SMILES string of the molecule is CCN(CCOCCO)C(C)C(=O)c1ccc(Cl)s1. The van der Waals surface area contributed by atoms with Crippen molar-refractivity contribution in [1.29, 1.82) is 0 Å². The number of aliphatic hydroxyl groups is 1. The highest BCUT2D eigenvalue weighted by Gasteiger charge is 2.22. The van der Waals surface area contributed by atoms with Gasteiger partial charge in [0.05, 0.1) is 35.1 Å². The maximum Gasteiger partial charge on any atom is 0.189 e. The first-order valence-corrected chi connectivity index (χ1v) is 7.51. The average molecular weight is 306 g/mol. The zero-order valence-electron chi connectivity index (χ0n) is 11.3. The number of aliphatic hydroxyl groups excluding tert-OH is 1. The minimum Gasteiger partial charge on any atom is -0.394 e. The van der Waals surface area contributed by atoms with E-state index in [4.69, 9.17) is 21.4 Å². The molecule has 0 fully saturated rings. The van der Waals surface area contributed by atoms with E-state index in [0.29, 0.717) is 29.0 Å². The standard InChI is InChI=1S/C13H20ClNO3S/c1-3-15(6-8-18-9-7-16)10(2)13(17)11-4-5-12(14)19-11/h4-5,10,16H,3,6-9H2,1-2H3. The highest BCUT2D eigenvalue weighted by molar-refractivity contribution is 7.18. The fraction of sp³-hybridized carbons (Fsp3) is 0.615. The fourth-order valence-corrected chi connectivity index (χ4v) is 2.86. The quantitative estimate of drug-likeness (QED) is 0.562. The summed E-state index contributed by atoms with van der Waals surface area (Å²) in [6.45, 7) is 6.21. The number of carbonyl (C=O) groups is 1. The Morgan fingerprint density at radius 2 is 2.26 bits per heavy atom. The molecule has 0 aliphatic carbocycles. The molecule has 0 bridgehead atoms. The van der Waals surface area contributed by atoms with Crippen molar-refractivity contribution in [3.05, 3.63) is 21.3 Å². The number of hydrogen-bond donors (Lipinski definition) is 1. The van der Waals surface area contributed by atoms with Gasteiger partial charge in [-0.15, -0.1) is 11.3 Å². The normalized spacial score (nSPS) is 12.9. The number of halogens is 1. The summed E-state index contributed by atoms with van der Waals surface area (Å²) in [5, 5.41) is 8.63. The second-order valence-corrected chi connectivity index (χ2v) is 5.82. The molecule has 1 N–H and O–H groups in total. The Hall–Kier alpha value is -0.460. The smallest absolute Gasteiger partial charge is 0.189 e. The molecule has 0 aliphatic heterocycles. The van der Waals surface area contributed by atoms with Crippen LogP contribution in [0.4, 0.5) is 0 Å². The summed E-state index contributed by atoms with van der Waals surface area (Å²) >= 11 is 7.16. The van der Waals surface area contributed by atoms with Crippen LogP contribution < -0.4 is 0 Å². The molecule has 0 spiro atoms. The monoisotopic (exact) mass is 305 g/mol. The third-order valence-corrected chi connectivity index (χ3v) is 4.15. The third-order valence-electron chi connectivity index (χ3n) is 2.91. The van der Waals surface area contributed by atoms with Crippen molar-refractivity contribution in [1.82, 2.24) is 4.90 Å². The number of nitrogens with zero attached hydrogens (tertiary/aromatic N) is 1.